The Morgan fingerprint density at radius 3 is 1.70 bits per heavy atom. The predicted molar refractivity (Wildman–Crippen MR) is 217 cm³/mol. The first kappa shape index (κ1) is 44.1. The molecular weight excluding hydrogens is 763 g/mol. The molecule has 284 valence electrons. The molecule has 3 heteroatoms. The van der Waals surface area contributed by atoms with E-state index in [0.717, 1.165) is 24.2 Å². The van der Waals surface area contributed by atoms with E-state index in [0.29, 0.717) is 5.41 Å². The van der Waals surface area contributed by atoms with E-state index < -0.39 is 0 Å². The second-order valence-corrected chi connectivity index (χ2v) is 20.9. The molecule has 4 aromatic rings. The van der Waals surface area contributed by atoms with Crippen LogP contribution in [0.2, 0.25) is 0 Å². The van der Waals surface area contributed by atoms with Gasteiger partial charge < -0.3 is 24.8 Å². The molecule has 9 rings (SSSR count). The Kier molecular flexibility index (Phi) is 14.0. The molecule has 0 saturated heterocycles. The van der Waals surface area contributed by atoms with Gasteiger partial charge >= 0.3 is 89.5 Å². The average molecular weight is 827 g/mol. The van der Waals surface area contributed by atoms with E-state index in [9.17, 15) is 0 Å². The van der Waals surface area contributed by atoms with Crippen molar-refractivity contribution in [2.45, 2.75) is 144 Å². The Bertz CT molecular complexity index is 1750. The number of halogens is 2. The summed E-state index contributed by atoms with van der Waals surface area (Å²) in [4.78, 5) is 0. The van der Waals surface area contributed by atoms with Crippen molar-refractivity contribution < 1.29 is 49.0 Å². The van der Waals surface area contributed by atoms with Gasteiger partial charge in [0.15, 0.2) is 0 Å². The molecule has 0 N–H and O–H groups in total. The molecule has 0 nitrogen and oxygen atoms in total. The van der Waals surface area contributed by atoms with E-state index in [2.05, 4.69) is 153 Å². The van der Waals surface area contributed by atoms with E-state index in [1.54, 1.807) is 49.7 Å². The average Bonchev–Trinajstić information content (AvgIpc) is 3.56. The third-order valence-corrected chi connectivity index (χ3v) is 13.3. The minimum Gasteiger partial charge on any atom is -1.00 e. The molecule has 53 heavy (non-hydrogen) atoms. The van der Waals surface area contributed by atoms with Crippen LogP contribution in [0.15, 0.2) is 66.7 Å². The van der Waals surface area contributed by atoms with Crippen molar-refractivity contribution >= 4 is 3.71 Å². The van der Waals surface area contributed by atoms with Crippen molar-refractivity contribution in [2.24, 2.45) is 23.2 Å². The smallest absolute Gasteiger partial charge is 0.0363 e. The van der Waals surface area contributed by atoms with Crippen molar-refractivity contribution in [1.29, 1.82) is 0 Å². The van der Waals surface area contributed by atoms with Crippen molar-refractivity contribution in [2.75, 3.05) is 0 Å². The summed E-state index contributed by atoms with van der Waals surface area (Å²) in [6.45, 7) is 24.9. The molecule has 4 fully saturated rings. The second kappa shape index (κ2) is 16.8. The molecule has 0 aromatic heterocycles. The maximum Gasteiger partial charge on any atom is -0.0363 e. The van der Waals surface area contributed by atoms with E-state index >= 15 is 0 Å². The van der Waals surface area contributed by atoms with Gasteiger partial charge in [-0.15, -0.1) is 11.1 Å². The van der Waals surface area contributed by atoms with Crippen LogP contribution in [0.1, 0.15) is 151 Å². The molecule has 5 aliphatic carbocycles. The van der Waals surface area contributed by atoms with Crippen LogP contribution in [0.25, 0.3) is 11.1 Å². The topological polar surface area (TPSA) is 0 Å². The van der Waals surface area contributed by atoms with Gasteiger partial charge in [0.05, 0.1) is 0 Å². The Morgan fingerprint density at radius 2 is 1.23 bits per heavy atom. The standard InChI is InChI=1S/C21H25.C18H25.C11H14.2ClH.Zr/c1-20(2,3)16-7-9-18-14(12-16)11-15-13-17(21(4,5)6)8-10-19(15)18;1-12-3-13(2)17(4-12)11-18-8-14-5-15(9-18)7-16(6-14)10-18;1-9-5-7-10(8-6-9)11(2,3)4;;;/h7-10,12H,11H2,1-6H3;3-4,14-16H,5-11H2,1-2H3;1,5-8H,2-4H3;2*1H;/q2*-1;;;;+2/p-2. The number of benzene rings is 3. The van der Waals surface area contributed by atoms with Crippen molar-refractivity contribution in [3.63, 3.8) is 0 Å². The van der Waals surface area contributed by atoms with Gasteiger partial charge in [-0.3, -0.25) is 0 Å². The van der Waals surface area contributed by atoms with E-state index in [4.69, 9.17) is 0 Å². The summed E-state index contributed by atoms with van der Waals surface area (Å²) in [5.41, 5.74) is 17.1. The quantitative estimate of drug-likeness (QED) is 0.170. The van der Waals surface area contributed by atoms with E-state index in [-0.39, 0.29) is 41.1 Å². The molecule has 4 bridgehead atoms. The van der Waals surface area contributed by atoms with E-state index in [1.165, 1.54) is 80.7 Å². The van der Waals surface area contributed by atoms with Gasteiger partial charge in [0.25, 0.3) is 0 Å². The zero-order chi connectivity index (χ0) is 36.9. The zero-order valence-corrected chi connectivity index (χ0v) is 38.5. The third-order valence-electron chi connectivity index (χ3n) is 12.5. The molecule has 0 atom stereocenters. The second-order valence-electron chi connectivity index (χ2n) is 20.2. The molecule has 0 radical (unpaired) electrons. The molecule has 4 aromatic carbocycles. The minimum absolute atomic E-state index is 0. The third kappa shape index (κ3) is 10.4. The van der Waals surface area contributed by atoms with Gasteiger partial charge in [0, 0.05) is 0 Å². The number of fused-ring (bicyclic) bond motifs is 3. The monoisotopic (exact) mass is 824 g/mol. The van der Waals surface area contributed by atoms with Crippen LogP contribution in [0.4, 0.5) is 0 Å². The molecule has 0 aliphatic heterocycles. The van der Waals surface area contributed by atoms with Gasteiger partial charge in [-0.2, -0.15) is 46.5 Å². The predicted octanol–water partition coefficient (Wildman–Crippen LogP) is 7.12. The van der Waals surface area contributed by atoms with Crippen LogP contribution in [0.5, 0.6) is 0 Å². The molecule has 0 unspecified atom stereocenters. The molecule has 4 saturated carbocycles. The Hall–Kier alpha value is -1.66. The van der Waals surface area contributed by atoms with Gasteiger partial charge in [-0.1, -0.05) is 85.6 Å². The number of aryl methyl sites for hydroxylation is 2. The van der Waals surface area contributed by atoms with Gasteiger partial charge in [0.1, 0.15) is 0 Å². The SMILES string of the molecule is CC(C)(C)c1[c-]c2c(cc1)-c1ccc(C(C)(C)C)cc1C2.CC(C)(C)c1ccc([CH]=[Zr+2])cc1.Cc1cc(CC23CC4CC(CC(C4)C2)C3)c(C)[cH-]1.[Cl-].[Cl-]. The Morgan fingerprint density at radius 1 is 0.698 bits per heavy atom. The Balaban J connectivity index is 0.000000180. The van der Waals surface area contributed by atoms with Crippen molar-refractivity contribution in [3.05, 3.63) is 123 Å². The van der Waals surface area contributed by atoms with Gasteiger partial charge in [0.2, 0.25) is 0 Å². The number of hydrogen-bond donors (Lipinski definition) is 0. The van der Waals surface area contributed by atoms with Gasteiger partial charge in [-0.25, -0.2) is 6.07 Å². The summed E-state index contributed by atoms with van der Waals surface area (Å²) in [5, 5.41) is 0. The molecule has 0 amide bonds. The fraction of sp³-hybridized carbons (Fsp3) is 0.520. The van der Waals surface area contributed by atoms with Crippen LogP contribution >= 0.6 is 0 Å². The first-order valence-corrected chi connectivity index (χ1v) is 21.3. The summed E-state index contributed by atoms with van der Waals surface area (Å²) in [6.07, 6.45) is 11.7. The fourth-order valence-corrected chi connectivity index (χ4v) is 10.5. The van der Waals surface area contributed by atoms with Crippen LogP contribution < -0.4 is 24.8 Å². The van der Waals surface area contributed by atoms with Crippen LogP contribution in [-0.2, 0) is 53.3 Å². The fourth-order valence-electron chi connectivity index (χ4n) is 10.1. The molecule has 5 aliphatic rings. The zero-order valence-electron chi connectivity index (χ0n) is 34.6. The molecular formula is C50H64Cl2Zr-2. The molecule has 0 spiro atoms. The van der Waals surface area contributed by atoms with Gasteiger partial charge in [-0.05, 0) is 90.1 Å². The number of hydrogen-bond acceptors (Lipinski definition) is 0. The summed E-state index contributed by atoms with van der Waals surface area (Å²) < 4.78 is 2.21. The maximum absolute atomic E-state index is 3.67. The maximum atomic E-state index is 3.67. The van der Waals surface area contributed by atoms with Crippen LogP contribution in [-0.4, -0.2) is 3.71 Å². The summed E-state index contributed by atoms with van der Waals surface area (Å²) >= 11 is 1.46. The minimum atomic E-state index is 0. The van der Waals surface area contributed by atoms with Crippen LogP contribution in [0, 0.1) is 43.1 Å². The van der Waals surface area contributed by atoms with Crippen molar-refractivity contribution in [3.8, 4) is 11.1 Å². The summed E-state index contributed by atoms with van der Waals surface area (Å²) in [7, 11) is 0. The summed E-state index contributed by atoms with van der Waals surface area (Å²) in [6, 6.07) is 28.8. The Labute approximate surface area is 351 Å². The molecule has 0 heterocycles. The van der Waals surface area contributed by atoms with Crippen molar-refractivity contribution in [1.82, 2.24) is 0 Å². The summed E-state index contributed by atoms with van der Waals surface area (Å²) in [5.74, 6) is 3.27. The van der Waals surface area contributed by atoms with E-state index in [1.807, 2.05) is 0 Å². The largest absolute Gasteiger partial charge is 1.00 e. The van der Waals surface area contributed by atoms with Crippen LogP contribution in [0.3, 0.4) is 0 Å². The number of rotatable bonds is 3. The first-order chi connectivity index (χ1) is 23.8. The first-order valence-electron chi connectivity index (χ1n) is 19.9. The normalized spacial score (nSPS) is 22.2.